The topological polar surface area (TPSA) is 60.9 Å². The first-order valence-electron chi connectivity index (χ1n) is 7.42. The molecule has 0 amide bonds. The van der Waals surface area contributed by atoms with Crippen LogP contribution in [0.15, 0.2) is 24.3 Å². The summed E-state index contributed by atoms with van der Waals surface area (Å²) in [5, 5.41) is 0. The minimum Gasteiger partial charge on any atom is -0.330 e. The van der Waals surface area contributed by atoms with Gasteiger partial charge in [-0.05, 0) is 37.9 Å². The molecule has 0 saturated heterocycles. The quantitative estimate of drug-likeness (QED) is 0.752. The number of hydrogen-bond donors (Lipinski definition) is 1. The number of aromatic nitrogens is 2. The summed E-state index contributed by atoms with van der Waals surface area (Å²) in [6.07, 6.45) is 3.86. The molecule has 2 aromatic rings. The van der Waals surface area contributed by atoms with Gasteiger partial charge in [0.15, 0.2) is 0 Å². The lowest BCUT2D eigenvalue weighted by atomic mass is 10.1. The van der Waals surface area contributed by atoms with Crippen molar-refractivity contribution in [2.75, 3.05) is 6.54 Å². The molecule has 1 aromatic carbocycles. The first kappa shape index (κ1) is 14.7. The van der Waals surface area contributed by atoms with Gasteiger partial charge in [0.25, 0.3) is 0 Å². The molecule has 0 aliphatic rings. The van der Waals surface area contributed by atoms with Crippen molar-refractivity contribution >= 4 is 16.8 Å². The highest BCUT2D eigenvalue weighted by Crippen LogP contribution is 2.17. The third-order valence-corrected chi connectivity index (χ3v) is 3.45. The predicted octanol–water partition coefficient (Wildman–Crippen LogP) is 2.69. The fourth-order valence-electron chi connectivity index (χ4n) is 2.46. The van der Waals surface area contributed by atoms with Gasteiger partial charge in [-0.2, -0.15) is 0 Å². The number of carbonyl (C=O) groups is 1. The van der Waals surface area contributed by atoms with Crippen molar-refractivity contribution in [3.05, 3.63) is 30.1 Å². The summed E-state index contributed by atoms with van der Waals surface area (Å²) in [6.45, 7) is 3.70. The van der Waals surface area contributed by atoms with Crippen molar-refractivity contribution in [3.63, 3.8) is 0 Å². The second-order valence-electron chi connectivity index (χ2n) is 5.13. The summed E-state index contributed by atoms with van der Waals surface area (Å²) in [7, 11) is 0. The van der Waals surface area contributed by atoms with Gasteiger partial charge in [-0.3, -0.25) is 4.79 Å². The van der Waals surface area contributed by atoms with E-state index >= 15 is 0 Å². The first-order chi connectivity index (χ1) is 9.76. The molecule has 108 valence electrons. The van der Waals surface area contributed by atoms with Crippen LogP contribution >= 0.6 is 0 Å². The summed E-state index contributed by atoms with van der Waals surface area (Å²) in [6, 6.07) is 8.08. The van der Waals surface area contributed by atoms with Gasteiger partial charge in [-0.25, -0.2) is 4.98 Å². The molecule has 1 aromatic heterocycles. The summed E-state index contributed by atoms with van der Waals surface area (Å²) < 4.78 is 2.18. The summed E-state index contributed by atoms with van der Waals surface area (Å²) >= 11 is 0. The molecule has 0 aliphatic carbocycles. The van der Waals surface area contributed by atoms with E-state index < -0.39 is 0 Å². The average molecular weight is 273 g/mol. The highest BCUT2D eigenvalue weighted by molar-refractivity contribution is 5.82. The van der Waals surface area contributed by atoms with Gasteiger partial charge in [0.1, 0.15) is 11.6 Å². The Labute approximate surface area is 120 Å². The lowest BCUT2D eigenvalue weighted by molar-refractivity contribution is -0.118. The molecule has 4 heteroatoms. The van der Waals surface area contributed by atoms with E-state index in [0.29, 0.717) is 19.4 Å². The van der Waals surface area contributed by atoms with Crippen molar-refractivity contribution in [3.8, 4) is 0 Å². The van der Waals surface area contributed by atoms with Crippen LogP contribution in [0.4, 0.5) is 0 Å². The van der Waals surface area contributed by atoms with Crippen LogP contribution in [0.1, 0.15) is 38.4 Å². The molecule has 0 saturated carbocycles. The van der Waals surface area contributed by atoms with E-state index in [1.165, 1.54) is 0 Å². The van der Waals surface area contributed by atoms with Crippen molar-refractivity contribution < 1.29 is 4.79 Å². The highest BCUT2D eigenvalue weighted by Gasteiger charge is 2.13. The van der Waals surface area contributed by atoms with Gasteiger partial charge >= 0.3 is 0 Å². The molecular weight excluding hydrogens is 250 g/mol. The smallest absolute Gasteiger partial charge is 0.140 e. The number of carbonyl (C=O) groups excluding carboxylic acids is 1. The van der Waals surface area contributed by atoms with Gasteiger partial charge in [0, 0.05) is 13.0 Å². The third-order valence-electron chi connectivity index (χ3n) is 3.45. The number of Topliss-reactive ketones (excluding diaryl/α,β-unsaturated/α-hetero) is 1. The molecule has 0 bridgehead atoms. The van der Waals surface area contributed by atoms with E-state index in [1.807, 2.05) is 18.2 Å². The zero-order valence-electron chi connectivity index (χ0n) is 12.1. The van der Waals surface area contributed by atoms with Crippen molar-refractivity contribution in [1.29, 1.82) is 0 Å². The number of imidazole rings is 1. The number of fused-ring (bicyclic) bond motifs is 1. The summed E-state index contributed by atoms with van der Waals surface area (Å²) in [5.74, 6) is 1.15. The lowest BCUT2D eigenvalue weighted by Crippen LogP contribution is -2.10. The molecule has 0 atom stereocenters. The van der Waals surface area contributed by atoms with Crippen LogP contribution in [-0.4, -0.2) is 21.9 Å². The third kappa shape index (κ3) is 3.45. The zero-order valence-corrected chi connectivity index (χ0v) is 12.1. The Kier molecular flexibility index (Phi) is 5.30. The number of ketones is 1. The highest BCUT2D eigenvalue weighted by atomic mass is 16.1. The number of nitrogens with zero attached hydrogens (tertiary/aromatic N) is 2. The van der Waals surface area contributed by atoms with Crippen molar-refractivity contribution in [2.24, 2.45) is 5.73 Å². The number of rotatable bonds is 8. The van der Waals surface area contributed by atoms with Gasteiger partial charge in [-0.1, -0.05) is 19.1 Å². The number of hydrogen-bond acceptors (Lipinski definition) is 3. The van der Waals surface area contributed by atoms with E-state index in [0.717, 1.165) is 42.7 Å². The predicted molar refractivity (Wildman–Crippen MR) is 81.6 cm³/mol. The molecule has 20 heavy (non-hydrogen) atoms. The van der Waals surface area contributed by atoms with Gasteiger partial charge < -0.3 is 10.3 Å². The Morgan fingerprint density at radius 1 is 1.30 bits per heavy atom. The molecule has 0 aliphatic heterocycles. The van der Waals surface area contributed by atoms with Crippen LogP contribution in [0.3, 0.4) is 0 Å². The van der Waals surface area contributed by atoms with Crippen LogP contribution in [0, 0.1) is 0 Å². The first-order valence-corrected chi connectivity index (χ1v) is 7.42. The number of benzene rings is 1. The van der Waals surface area contributed by atoms with Crippen molar-refractivity contribution in [1.82, 2.24) is 9.55 Å². The van der Waals surface area contributed by atoms with Gasteiger partial charge in [-0.15, -0.1) is 0 Å². The fourth-order valence-corrected chi connectivity index (χ4v) is 2.46. The standard InChI is InChI=1S/C16H23N3O/c1-2-11-19-15-9-4-3-8-14(15)18-16(19)12-13(20)7-5-6-10-17/h3-4,8-9H,2,5-7,10-12,17H2,1H3. The van der Waals surface area contributed by atoms with Crippen LogP contribution in [0.25, 0.3) is 11.0 Å². The molecule has 0 spiro atoms. The zero-order chi connectivity index (χ0) is 14.4. The molecule has 0 radical (unpaired) electrons. The van der Waals surface area contributed by atoms with E-state index in [-0.39, 0.29) is 5.78 Å². The number of aryl methyl sites for hydroxylation is 1. The molecular formula is C16H23N3O. The van der Waals surface area contributed by atoms with Crippen LogP contribution in [-0.2, 0) is 17.8 Å². The Bertz CT molecular complexity index is 574. The largest absolute Gasteiger partial charge is 0.330 e. The van der Waals surface area contributed by atoms with Crippen LogP contribution in [0.5, 0.6) is 0 Å². The monoisotopic (exact) mass is 273 g/mol. The molecule has 4 nitrogen and oxygen atoms in total. The summed E-state index contributed by atoms with van der Waals surface area (Å²) in [5.41, 5.74) is 7.56. The van der Waals surface area contributed by atoms with Crippen LogP contribution < -0.4 is 5.73 Å². The number of nitrogens with two attached hydrogens (primary N) is 1. The minimum absolute atomic E-state index is 0.256. The molecule has 0 fully saturated rings. The van der Waals surface area contributed by atoms with E-state index in [4.69, 9.17) is 5.73 Å². The molecule has 2 N–H and O–H groups in total. The maximum atomic E-state index is 12.0. The lowest BCUT2D eigenvalue weighted by Gasteiger charge is -2.07. The molecule has 1 heterocycles. The summed E-state index contributed by atoms with van der Waals surface area (Å²) in [4.78, 5) is 16.6. The van der Waals surface area contributed by atoms with Crippen LogP contribution in [0.2, 0.25) is 0 Å². The Balaban J connectivity index is 2.16. The second kappa shape index (κ2) is 7.20. The van der Waals surface area contributed by atoms with Gasteiger partial charge in [0.05, 0.1) is 17.5 Å². The normalized spacial score (nSPS) is 11.1. The number of unbranched alkanes of at least 4 members (excludes halogenated alkanes) is 1. The second-order valence-corrected chi connectivity index (χ2v) is 5.13. The molecule has 0 unspecified atom stereocenters. The Morgan fingerprint density at radius 3 is 2.85 bits per heavy atom. The van der Waals surface area contributed by atoms with E-state index in [1.54, 1.807) is 0 Å². The Hall–Kier alpha value is -1.68. The molecule has 2 rings (SSSR count). The average Bonchev–Trinajstić information content (AvgIpc) is 2.78. The fraction of sp³-hybridized carbons (Fsp3) is 0.500. The van der Waals surface area contributed by atoms with E-state index in [9.17, 15) is 4.79 Å². The van der Waals surface area contributed by atoms with Crippen molar-refractivity contribution in [2.45, 2.75) is 45.6 Å². The van der Waals surface area contributed by atoms with Gasteiger partial charge in [0.2, 0.25) is 0 Å². The number of para-hydroxylation sites is 2. The maximum Gasteiger partial charge on any atom is 0.140 e. The Morgan fingerprint density at radius 2 is 2.10 bits per heavy atom. The maximum absolute atomic E-state index is 12.0. The SMILES string of the molecule is CCCn1c(CC(=O)CCCCN)nc2ccccc21. The van der Waals surface area contributed by atoms with E-state index in [2.05, 4.69) is 22.5 Å². The minimum atomic E-state index is 0.256.